The van der Waals surface area contributed by atoms with E-state index in [0.29, 0.717) is 10.0 Å². The molecule has 2 fully saturated rings. The predicted octanol–water partition coefficient (Wildman–Crippen LogP) is 4.82. The van der Waals surface area contributed by atoms with Crippen LogP contribution in [0, 0.1) is 17.8 Å². The van der Waals surface area contributed by atoms with Crippen molar-refractivity contribution in [3.8, 4) is 0 Å². The minimum absolute atomic E-state index is 0.0746. The molecule has 18 heavy (non-hydrogen) atoms. The van der Waals surface area contributed by atoms with Gasteiger partial charge in [0.2, 0.25) is 0 Å². The summed E-state index contributed by atoms with van der Waals surface area (Å²) in [6, 6.07) is 5.73. The van der Waals surface area contributed by atoms with Crippen LogP contribution in [0.25, 0.3) is 0 Å². The van der Waals surface area contributed by atoms with Crippen molar-refractivity contribution < 1.29 is 0 Å². The molecule has 0 heterocycles. The molecule has 0 radical (unpaired) electrons. The minimum atomic E-state index is 0.0746. The smallest absolute Gasteiger partial charge is 0.0424 e. The van der Waals surface area contributed by atoms with Crippen LogP contribution >= 0.6 is 23.2 Å². The lowest BCUT2D eigenvalue weighted by Gasteiger charge is -2.25. The third-order valence-corrected chi connectivity index (χ3v) is 5.19. The number of nitrogens with two attached hydrogens (primary N) is 1. The summed E-state index contributed by atoms with van der Waals surface area (Å²) in [5, 5.41) is 1.36. The fourth-order valence-corrected chi connectivity index (χ4v) is 4.46. The third kappa shape index (κ3) is 2.54. The van der Waals surface area contributed by atoms with E-state index in [4.69, 9.17) is 28.9 Å². The van der Waals surface area contributed by atoms with Gasteiger partial charge in [-0.2, -0.15) is 0 Å². The van der Waals surface area contributed by atoms with Crippen molar-refractivity contribution in [3.05, 3.63) is 33.8 Å². The second-order valence-corrected chi connectivity index (χ2v) is 6.85. The van der Waals surface area contributed by atoms with Gasteiger partial charge in [-0.3, -0.25) is 0 Å². The molecule has 2 bridgehead atoms. The summed E-state index contributed by atoms with van der Waals surface area (Å²) in [5.74, 6) is 2.72. The van der Waals surface area contributed by atoms with Crippen molar-refractivity contribution in [1.29, 1.82) is 0 Å². The lowest BCUT2D eigenvalue weighted by Crippen LogP contribution is -2.19. The molecule has 1 aromatic rings. The fraction of sp³-hybridized carbons (Fsp3) is 0.600. The average Bonchev–Trinajstić information content (AvgIpc) is 2.89. The normalized spacial score (nSPS) is 31.8. The largest absolute Gasteiger partial charge is 0.324 e. The monoisotopic (exact) mass is 283 g/mol. The molecular weight excluding hydrogens is 265 g/mol. The first-order valence-electron chi connectivity index (χ1n) is 6.83. The van der Waals surface area contributed by atoms with Crippen LogP contribution in [0.5, 0.6) is 0 Å². The molecule has 0 aliphatic heterocycles. The lowest BCUT2D eigenvalue weighted by atomic mass is 9.83. The number of hydrogen-bond donors (Lipinski definition) is 1. The van der Waals surface area contributed by atoms with E-state index < -0.39 is 0 Å². The molecule has 1 nitrogen and oxygen atoms in total. The summed E-state index contributed by atoms with van der Waals surface area (Å²) in [7, 11) is 0. The summed E-state index contributed by atoms with van der Waals surface area (Å²) in [5.41, 5.74) is 7.41. The number of hydrogen-bond acceptors (Lipinski definition) is 1. The van der Waals surface area contributed by atoms with E-state index in [-0.39, 0.29) is 6.04 Å². The molecule has 4 unspecified atom stereocenters. The van der Waals surface area contributed by atoms with E-state index in [2.05, 4.69) is 0 Å². The zero-order valence-corrected chi connectivity index (χ0v) is 11.9. The average molecular weight is 284 g/mol. The molecule has 3 rings (SSSR count). The SMILES string of the molecule is NC(CC1CC2CCC1C2)c1cc(Cl)cc(Cl)c1. The standard InChI is InChI=1S/C15H19Cl2N/c16-13-5-12(6-14(17)8-13)15(18)7-11-4-9-1-2-10(11)3-9/h5-6,8-11,15H,1-4,7,18H2. The second kappa shape index (κ2) is 5.03. The summed E-state index contributed by atoms with van der Waals surface area (Å²) < 4.78 is 0. The molecule has 0 saturated heterocycles. The van der Waals surface area contributed by atoms with E-state index in [1.165, 1.54) is 25.7 Å². The van der Waals surface area contributed by atoms with Crippen LogP contribution in [0.1, 0.15) is 43.7 Å². The molecule has 2 aliphatic carbocycles. The van der Waals surface area contributed by atoms with Crippen LogP contribution in [0.2, 0.25) is 10.0 Å². The van der Waals surface area contributed by atoms with Crippen molar-refractivity contribution >= 4 is 23.2 Å². The van der Waals surface area contributed by atoms with Gasteiger partial charge in [-0.05, 0) is 67.2 Å². The number of benzene rings is 1. The molecule has 3 heteroatoms. The highest BCUT2D eigenvalue weighted by atomic mass is 35.5. The van der Waals surface area contributed by atoms with Gasteiger partial charge in [0.05, 0.1) is 0 Å². The van der Waals surface area contributed by atoms with E-state index in [1.54, 1.807) is 6.07 Å². The van der Waals surface area contributed by atoms with Gasteiger partial charge in [-0.15, -0.1) is 0 Å². The third-order valence-electron chi connectivity index (χ3n) is 4.75. The number of fused-ring (bicyclic) bond motifs is 2. The zero-order valence-electron chi connectivity index (χ0n) is 10.4. The Hall–Kier alpha value is -0.240. The molecule has 0 spiro atoms. The highest BCUT2D eigenvalue weighted by Gasteiger charge is 2.39. The van der Waals surface area contributed by atoms with Gasteiger partial charge in [0.1, 0.15) is 0 Å². The highest BCUT2D eigenvalue weighted by molar-refractivity contribution is 6.34. The van der Waals surface area contributed by atoms with Gasteiger partial charge in [0.25, 0.3) is 0 Å². The van der Waals surface area contributed by atoms with Gasteiger partial charge in [-0.25, -0.2) is 0 Å². The molecule has 1 aromatic carbocycles. The summed E-state index contributed by atoms with van der Waals surface area (Å²) >= 11 is 12.1. The molecule has 98 valence electrons. The Kier molecular flexibility index (Phi) is 3.57. The highest BCUT2D eigenvalue weighted by Crippen LogP contribution is 2.50. The van der Waals surface area contributed by atoms with Gasteiger partial charge in [0, 0.05) is 16.1 Å². The van der Waals surface area contributed by atoms with Crippen molar-refractivity contribution in [2.75, 3.05) is 0 Å². The van der Waals surface area contributed by atoms with E-state index >= 15 is 0 Å². The maximum atomic E-state index is 6.33. The fourth-order valence-electron chi connectivity index (χ4n) is 3.92. The first kappa shape index (κ1) is 12.8. The predicted molar refractivity (Wildman–Crippen MR) is 76.9 cm³/mol. The van der Waals surface area contributed by atoms with Crippen LogP contribution in [-0.2, 0) is 0 Å². The van der Waals surface area contributed by atoms with Crippen molar-refractivity contribution in [2.24, 2.45) is 23.5 Å². The molecular formula is C15H19Cl2N. The molecule has 2 aliphatic rings. The van der Waals surface area contributed by atoms with Crippen molar-refractivity contribution in [3.63, 3.8) is 0 Å². The van der Waals surface area contributed by atoms with Gasteiger partial charge in [-0.1, -0.05) is 29.6 Å². The van der Waals surface area contributed by atoms with Crippen molar-refractivity contribution in [1.82, 2.24) is 0 Å². The van der Waals surface area contributed by atoms with Crippen LogP contribution in [0.3, 0.4) is 0 Å². The first-order chi connectivity index (χ1) is 8.61. The van der Waals surface area contributed by atoms with Crippen LogP contribution in [-0.4, -0.2) is 0 Å². The Morgan fingerprint density at radius 3 is 2.39 bits per heavy atom. The molecule has 0 amide bonds. The van der Waals surface area contributed by atoms with Gasteiger partial charge in [0.15, 0.2) is 0 Å². The van der Waals surface area contributed by atoms with Crippen LogP contribution < -0.4 is 5.73 Å². The van der Waals surface area contributed by atoms with E-state index in [0.717, 1.165) is 29.7 Å². The molecule has 2 saturated carbocycles. The Morgan fingerprint density at radius 1 is 1.11 bits per heavy atom. The second-order valence-electron chi connectivity index (χ2n) is 5.98. The Morgan fingerprint density at radius 2 is 1.83 bits per heavy atom. The zero-order chi connectivity index (χ0) is 12.7. The Balaban J connectivity index is 1.69. The minimum Gasteiger partial charge on any atom is -0.324 e. The molecule has 2 N–H and O–H groups in total. The number of rotatable bonds is 3. The lowest BCUT2D eigenvalue weighted by molar-refractivity contribution is 0.296. The first-order valence-corrected chi connectivity index (χ1v) is 7.59. The van der Waals surface area contributed by atoms with E-state index in [1.807, 2.05) is 12.1 Å². The van der Waals surface area contributed by atoms with Crippen LogP contribution in [0.15, 0.2) is 18.2 Å². The summed E-state index contributed by atoms with van der Waals surface area (Å²) in [4.78, 5) is 0. The van der Waals surface area contributed by atoms with E-state index in [9.17, 15) is 0 Å². The topological polar surface area (TPSA) is 26.0 Å². The summed E-state index contributed by atoms with van der Waals surface area (Å²) in [6.45, 7) is 0. The summed E-state index contributed by atoms with van der Waals surface area (Å²) in [6.07, 6.45) is 6.76. The quantitative estimate of drug-likeness (QED) is 0.846. The maximum absolute atomic E-state index is 6.33. The van der Waals surface area contributed by atoms with Crippen molar-refractivity contribution in [2.45, 2.75) is 38.1 Å². The van der Waals surface area contributed by atoms with Gasteiger partial charge >= 0.3 is 0 Å². The van der Waals surface area contributed by atoms with Crippen LogP contribution in [0.4, 0.5) is 0 Å². The molecule has 0 aromatic heterocycles. The molecule has 4 atom stereocenters. The van der Waals surface area contributed by atoms with Gasteiger partial charge < -0.3 is 5.73 Å². The Labute approximate surface area is 119 Å². The number of halogens is 2. The Bertz CT molecular complexity index is 426. The maximum Gasteiger partial charge on any atom is 0.0424 e.